The van der Waals surface area contributed by atoms with Crippen LogP contribution in [0.3, 0.4) is 0 Å². The highest BCUT2D eigenvalue weighted by molar-refractivity contribution is 6.32. The third-order valence-electron chi connectivity index (χ3n) is 4.77. The van der Waals surface area contributed by atoms with Gasteiger partial charge in [0.15, 0.2) is 0 Å². The van der Waals surface area contributed by atoms with Crippen LogP contribution in [0.1, 0.15) is 24.5 Å². The minimum absolute atomic E-state index is 0.482. The predicted molar refractivity (Wildman–Crippen MR) is 96.5 cm³/mol. The fraction of sp³-hybridized carbons (Fsp3) is 0.500. The maximum atomic E-state index is 10.8. The summed E-state index contributed by atoms with van der Waals surface area (Å²) in [7, 11) is 1.62. The van der Waals surface area contributed by atoms with Crippen LogP contribution in [-0.4, -0.2) is 48.3 Å². The van der Waals surface area contributed by atoms with Gasteiger partial charge in [-0.25, -0.2) is 0 Å². The second-order valence-corrected chi connectivity index (χ2v) is 6.83. The minimum Gasteiger partial charge on any atom is -0.497 e. The van der Waals surface area contributed by atoms with Gasteiger partial charge in [0.25, 0.3) is 0 Å². The molecular formula is C18H24ClN3O2. The van der Waals surface area contributed by atoms with Gasteiger partial charge in [-0.2, -0.15) is 0 Å². The molecule has 6 heteroatoms. The molecule has 24 heavy (non-hydrogen) atoms. The molecular weight excluding hydrogens is 326 g/mol. The Balaban J connectivity index is 1.88. The molecule has 3 N–H and O–H groups in total. The van der Waals surface area contributed by atoms with Crippen molar-refractivity contribution in [2.24, 2.45) is 11.7 Å². The van der Waals surface area contributed by atoms with Crippen LogP contribution in [0.4, 0.5) is 0 Å². The quantitative estimate of drug-likeness (QED) is 0.868. The molecule has 2 atom stereocenters. The average molecular weight is 350 g/mol. The van der Waals surface area contributed by atoms with Gasteiger partial charge in [0.2, 0.25) is 0 Å². The van der Waals surface area contributed by atoms with Gasteiger partial charge in [-0.1, -0.05) is 11.6 Å². The number of benzene rings is 1. The fourth-order valence-corrected chi connectivity index (χ4v) is 3.76. The molecule has 1 aromatic carbocycles. The van der Waals surface area contributed by atoms with E-state index in [2.05, 4.69) is 9.88 Å². The van der Waals surface area contributed by atoms with E-state index in [1.807, 2.05) is 18.2 Å². The molecule has 2 aromatic rings. The van der Waals surface area contributed by atoms with Gasteiger partial charge >= 0.3 is 0 Å². The molecule has 0 amide bonds. The highest BCUT2D eigenvalue weighted by Gasteiger charge is 2.24. The zero-order valence-electron chi connectivity index (χ0n) is 13.9. The van der Waals surface area contributed by atoms with Crippen molar-refractivity contribution in [1.29, 1.82) is 0 Å². The van der Waals surface area contributed by atoms with Crippen molar-refractivity contribution in [2.45, 2.75) is 18.9 Å². The molecule has 130 valence electrons. The van der Waals surface area contributed by atoms with Gasteiger partial charge in [-0.05, 0) is 50.0 Å². The van der Waals surface area contributed by atoms with Gasteiger partial charge in [0.05, 0.1) is 23.8 Å². The Bertz CT molecular complexity index is 710. The SMILES string of the molecule is COc1ccc2ncc(Cl)c(C(O)CN3CCCC(CN)C3)c2c1. The number of fused-ring (bicyclic) bond motifs is 1. The first-order chi connectivity index (χ1) is 11.6. The van der Waals surface area contributed by atoms with E-state index in [1.165, 1.54) is 6.42 Å². The number of nitrogens with zero attached hydrogens (tertiary/aromatic N) is 2. The topological polar surface area (TPSA) is 71.6 Å². The van der Waals surface area contributed by atoms with Crippen molar-refractivity contribution >= 4 is 22.5 Å². The molecule has 1 aliphatic heterocycles. The molecule has 0 spiro atoms. The third kappa shape index (κ3) is 3.64. The number of β-amino-alcohol motifs (C(OH)–C–C–N with tert-alkyl or cyclic N) is 1. The van der Waals surface area contributed by atoms with E-state index in [0.717, 1.165) is 41.7 Å². The zero-order valence-corrected chi connectivity index (χ0v) is 14.7. The van der Waals surface area contributed by atoms with Crippen LogP contribution < -0.4 is 10.5 Å². The molecule has 1 aromatic heterocycles. The normalized spacial score (nSPS) is 20.2. The number of piperidine rings is 1. The highest BCUT2D eigenvalue weighted by Crippen LogP contribution is 2.33. The molecule has 3 rings (SSSR count). The van der Waals surface area contributed by atoms with Crippen LogP contribution >= 0.6 is 11.6 Å². The summed E-state index contributed by atoms with van der Waals surface area (Å²) in [5, 5.41) is 12.2. The van der Waals surface area contributed by atoms with Crippen LogP contribution in [0.5, 0.6) is 5.75 Å². The van der Waals surface area contributed by atoms with E-state index < -0.39 is 6.10 Å². The average Bonchev–Trinajstić information content (AvgIpc) is 2.61. The van der Waals surface area contributed by atoms with E-state index in [0.29, 0.717) is 24.0 Å². The number of likely N-dealkylation sites (tertiary alicyclic amines) is 1. The number of aliphatic hydroxyl groups is 1. The maximum absolute atomic E-state index is 10.8. The molecule has 0 saturated carbocycles. The molecule has 2 heterocycles. The summed E-state index contributed by atoms with van der Waals surface area (Å²) in [6.07, 6.45) is 3.21. The van der Waals surface area contributed by atoms with Gasteiger partial charge in [0, 0.05) is 30.2 Å². The highest BCUT2D eigenvalue weighted by atomic mass is 35.5. The minimum atomic E-state index is -0.674. The maximum Gasteiger partial charge on any atom is 0.119 e. The summed E-state index contributed by atoms with van der Waals surface area (Å²) >= 11 is 6.37. The molecule has 1 aliphatic rings. The smallest absolute Gasteiger partial charge is 0.119 e. The summed E-state index contributed by atoms with van der Waals surface area (Å²) in [4.78, 5) is 6.61. The lowest BCUT2D eigenvalue weighted by Gasteiger charge is -2.33. The predicted octanol–water partition coefficient (Wildman–Crippen LogP) is 2.60. The van der Waals surface area contributed by atoms with E-state index in [9.17, 15) is 5.11 Å². The van der Waals surface area contributed by atoms with Crippen LogP contribution in [-0.2, 0) is 0 Å². The van der Waals surface area contributed by atoms with Crippen molar-refractivity contribution in [3.8, 4) is 5.75 Å². The van der Waals surface area contributed by atoms with Crippen LogP contribution in [0.2, 0.25) is 5.02 Å². The zero-order chi connectivity index (χ0) is 17.1. The number of hydrogen-bond donors (Lipinski definition) is 2. The number of ether oxygens (including phenoxy) is 1. The lowest BCUT2D eigenvalue weighted by molar-refractivity contribution is 0.0866. The van der Waals surface area contributed by atoms with Gasteiger partial charge in [0.1, 0.15) is 5.75 Å². The molecule has 0 aliphatic carbocycles. The number of aliphatic hydroxyl groups excluding tert-OH is 1. The Morgan fingerprint density at radius 3 is 3.08 bits per heavy atom. The Labute approximate surface area is 147 Å². The Morgan fingerprint density at radius 2 is 2.33 bits per heavy atom. The van der Waals surface area contributed by atoms with Crippen molar-refractivity contribution < 1.29 is 9.84 Å². The largest absolute Gasteiger partial charge is 0.497 e. The summed E-state index contributed by atoms with van der Waals surface area (Å²) in [5.74, 6) is 1.23. The van der Waals surface area contributed by atoms with Crippen LogP contribution in [0.15, 0.2) is 24.4 Å². The standard InChI is InChI=1S/C18H24ClN3O2/c1-24-13-4-5-16-14(7-13)18(15(19)9-21-16)17(23)11-22-6-2-3-12(8-20)10-22/h4-5,7,9,12,17,23H,2-3,6,8,10-11,20H2,1H3. The number of nitrogens with two attached hydrogens (primary N) is 1. The number of halogens is 1. The molecule has 0 bridgehead atoms. The molecule has 0 radical (unpaired) electrons. The van der Waals surface area contributed by atoms with Crippen molar-refractivity contribution in [1.82, 2.24) is 9.88 Å². The van der Waals surface area contributed by atoms with Crippen molar-refractivity contribution in [2.75, 3.05) is 33.3 Å². The first kappa shape index (κ1) is 17.4. The molecule has 1 fully saturated rings. The molecule has 2 unspecified atom stereocenters. The summed E-state index contributed by atoms with van der Waals surface area (Å²) in [6, 6.07) is 5.62. The first-order valence-electron chi connectivity index (χ1n) is 8.35. The number of rotatable bonds is 5. The number of methoxy groups -OCH3 is 1. The molecule has 1 saturated heterocycles. The van der Waals surface area contributed by atoms with Gasteiger partial charge in [-0.3, -0.25) is 4.98 Å². The summed E-state index contributed by atoms with van der Waals surface area (Å²) < 4.78 is 5.30. The van der Waals surface area contributed by atoms with Crippen molar-refractivity contribution in [3.63, 3.8) is 0 Å². The van der Waals surface area contributed by atoms with Gasteiger partial charge in [-0.15, -0.1) is 0 Å². The number of aromatic nitrogens is 1. The van der Waals surface area contributed by atoms with Crippen LogP contribution in [0.25, 0.3) is 10.9 Å². The Kier molecular flexibility index (Phi) is 5.56. The van der Waals surface area contributed by atoms with E-state index in [-0.39, 0.29) is 0 Å². The fourth-order valence-electron chi connectivity index (χ4n) is 3.48. The van der Waals surface area contributed by atoms with Gasteiger partial charge < -0.3 is 20.5 Å². The summed E-state index contributed by atoms with van der Waals surface area (Å²) in [6.45, 7) is 3.16. The first-order valence-corrected chi connectivity index (χ1v) is 8.72. The number of pyridine rings is 1. The Morgan fingerprint density at radius 1 is 1.50 bits per heavy atom. The second-order valence-electron chi connectivity index (χ2n) is 6.42. The van der Waals surface area contributed by atoms with E-state index >= 15 is 0 Å². The third-order valence-corrected chi connectivity index (χ3v) is 5.07. The number of hydrogen-bond acceptors (Lipinski definition) is 5. The second kappa shape index (κ2) is 7.66. The lowest BCUT2D eigenvalue weighted by Crippen LogP contribution is -2.40. The van der Waals surface area contributed by atoms with E-state index in [1.54, 1.807) is 13.3 Å². The Hall–Kier alpha value is -1.40. The molecule has 5 nitrogen and oxygen atoms in total. The lowest BCUT2D eigenvalue weighted by atomic mass is 9.97. The van der Waals surface area contributed by atoms with E-state index in [4.69, 9.17) is 22.1 Å². The summed E-state index contributed by atoms with van der Waals surface area (Å²) in [5.41, 5.74) is 7.32. The monoisotopic (exact) mass is 349 g/mol. The van der Waals surface area contributed by atoms with Crippen molar-refractivity contribution in [3.05, 3.63) is 35.0 Å². The van der Waals surface area contributed by atoms with Crippen LogP contribution in [0, 0.1) is 5.92 Å².